The van der Waals surface area contributed by atoms with Crippen LogP contribution in [0.1, 0.15) is 47.0 Å². The zero-order chi connectivity index (χ0) is 15.4. The van der Waals surface area contributed by atoms with E-state index in [4.69, 9.17) is 0 Å². The van der Waals surface area contributed by atoms with Crippen LogP contribution >= 0.6 is 0 Å². The van der Waals surface area contributed by atoms with Gasteiger partial charge in [0.05, 0.1) is 12.0 Å². The van der Waals surface area contributed by atoms with Crippen molar-refractivity contribution in [2.45, 2.75) is 59.0 Å². The molecule has 0 aromatic carbocycles. The SMILES string of the molecule is CC(C)=C[C@@H]1[C@@H](C(=O)N[C@@H]2CC(=O)N(C3CC3)C2)C1(C)C. The maximum absolute atomic E-state index is 12.5. The first-order valence-electron chi connectivity index (χ1n) is 8.05. The summed E-state index contributed by atoms with van der Waals surface area (Å²) in [6.07, 6.45) is 4.94. The molecular formula is C17H26N2O2. The minimum Gasteiger partial charge on any atom is -0.351 e. The summed E-state index contributed by atoms with van der Waals surface area (Å²) in [7, 11) is 0. The van der Waals surface area contributed by atoms with Crippen LogP contribution in [0.15, 0.2) is 11.6 Å². The maximum atomic E-state index is 12.5. The molecule has 116 valence electrons. The summed E-state index contributed by atoms with van der Waals surface area (Å²) in [4.78, 5) is 26.4. The van der Waals surface area contributed by atoms with E-state index in [9.17, 15) is 9.59 Å². The highest BCUT2D eigenvalue weighted by Gasteiger charge is 2.60. The molecule has 2 aliphatic carbocycles. The van der Waals surface area contributed by atoms with E-state index in [1.807, 2.05) is 4.90 Å². The Morgan fingerprint density at radius 1 is 1.33 bits per heavy atom. The number of likely N-dealkylation sites (tertiary alicyclic amines) is 1. The van der Waals surface area contributed by atoms with Gasteiger partial charge in [0.1, 0.15) is 0 Å². The van der Waals surface area contributed by atoms with Crippen molar-refractivity contribution < 1.29 is 9.59 Å². The molecule has 2 saturated carbocycles. The minimum absolute atomic E-state index is 0.00866. The van der Waals surface area contributed by atoms with Crippen molar-refractivity contribution in [2.75, 3.05) is 6.54 Å². The maximum Gasteiger partial charge on any atom is 0.225 e. The summed E-state index contributed by atoms with van der Waals surface area (Å²) in [6.45, 7) is 9.16. The first-order chi connectivity index (χ1) is 9.80. The number of carbonyl (C=O) groups excluding carboxylic acids is 2. The highest BCUT2D eigenvalue weighted by atomic mass is 16.2. The molecule has 0 radical (unpaired) electrons. The van der Waals surface area contributed by atoms with Crippen LogP contribution in [0.2, 0.25) is 0 Å². The van der Waals surface area contributed by atoms with Crippen LogP contribution in [0.3, 0.4) is 0 Å². The largest absolute Gasteiger partial charge is 0.351 e. The van der Waals surface area contributed by atoms with Crippen LogP contribution in [0.4, 0.5) is 0 Å². The van der Waals surface area contributed by atoms with E-state index in [1.165, 1.54) is 5.57 Å². The van der Waals surface area contributed by atoms with Crippen molar-refractivity contribution in [1.82, 2.24) is 10.2 Å². The van der Waals surface area contributed by atoms with Crippen LogP contribution in [0.25, 0.3) is 0 Å². The second kappa shape index (κ2) is 4.85. The fourth-order valence-electron chi connectivity index (χ4n) is 3.71. The molecule has 3 rings (SSSR count). The van der Waals surface area contributed by atoms with Crippen molar-refractivity contribution in [3.05, 3.63) is 11.6 Å². The number of allylic oxidation sites excluding steroid dienone is 2. The van der Waals surface area contributed by atoms with Gasteiger partial charge in [-0.2, -0.15) is 0 Å². The molecule has 3 fully saturated rings. The lowest BCUT2D eigenvalue weighted by molar-refractivity contribution is -0.128. The van der Waals surface area contributed by atoms with Crippen LogP contribution in [-0.2, 0) is 9.59 Å². The van der Waals surface area contributed by atoms with E-state index in [-0.39, 0.29) is 29.2 Å². The molecule has 1 aliphatic heterocycles. The van der Waals surface area contributed by atoms with E-state index in [1.54, 1.807) is 0 Å². The van der Waals surface area contributed by atoms with Crippen molar-refractivity contribution >= 4 is 11.8 Å². The van der Waals surface area contributed by atoms with Gasteiger partial charge in [0.2, 0.25) is 11.8 Å². The second-order valence-electron chi connectivity index (χ2n) is 7.76. The molecule has 0 spiro atoms. The highest BCUT2D eigenvalue weighted by Crippen LogP contribution is 2.59. The Balaban J connectivity index is 1.58. The van der Waals surface area contributed by atoms with E-state index in [0.29, 0.717) is 24.9 Å². The Morgan fingerprint density at radius 3 is 2.57 bits per heavy atom. The van der Waals surface area contributed by atoms with E-state index < -0.39 is 0 Å². The third-order valence-corrected chi connectivity index (χ3v) is 5.20. The number of amides is 2. The highest BCUT2D eigenvalue weighted by molar-refractivity contribution is 5.86. The fourth-order valence-corrected chi connectivity index (χ4v) is 3.71. The molecular weight excluding hydrogens is 264 g/mol. The quantitative estimate of drug-likeness (QED) is 0.806. The number of carbonyl (C=O) groups is 2. The first-order valence-corrected chi connectivity index (χ1v) is 8.05. The molecule has 3 aliphatic rings. The van der Waals surface area contributed by atoms with Gasteiger partial charge in [0.15, 0.2) is 0 Å². The Hall–Kier alpha value is -1.32. The lowest BCUT2D eigenvalue weighted by Crippen LogP contribution is -2.39. The second-order valence-corrected chi connectivity index (χ2v) is 7.76. The molecule has 4 heteroatoms. The normalized spacial score (nSPS) is 33.8. The number of hydrogen-bond donors (Lipinski definition) is 1. The zero-order valence-corrected chi connectivity index (χ0v) is 13.5. The van der Waals surface area contributed by atoms with Crippen LogP contribution in [0, 0.1) is 17.3 Å². The van der Waals surface area contributed by atoms with E-state index in [2.05, 4.69) is 39.1 Å². The molecule has 0 unspecified atom stereocenters. The third-order valence-electron chi connectivity index (χ3n) is 5.20. The Kier molecular flexibility index (Phi) is 3.38. The van der Waals surface area contributed by atoms with E-state index in [0.717, 1.165) is 12.8 Å². The molecule has 21 heavy (non-hydrogen) atoms. The number of hydrogen-bond acceptors (Lipinski definition) is 2. The van der Waals surface area contributed by atoms with Crippen LogP contribution < -0.4 is 5.32 Å². The average Bonchev–Trinajstić information content (AvgIpc) is 3.22. The summed E-state index contributed by atoms with van der Waals surface area (Å²) in [6, 6.07) is 0.463. The summed E-state index contributed by atoms with van der Waals surface area (Å²) >= 11 is 0. The molecule has 0 bridgehead atoms. The first kappa shape index (κ1) is 14.6. The average molecular weight is 290 g/mol. The predicted octanol–water partition coefficient (Wildman–Crippen LogP) is 2.10. The van der Waals surface area contributed by atoms with Gasteiger partial charge in [-0.1, -0.05) is 25.5 Å². The van der Waals surface area contributed by atoms with Crippen molar-refractivity contribution in [2.24, 2.45) is 17.3 Å². The Bertz CT molecular complexity index is 501. The standard InChI is InChI=1S/C17H26N2O2/c1-10(2)7-13-15(17(13,3)4)16(21)18-11-8-14(20)19(9-11)12-5-6-12/h7,11-13,15H,5-6,8-9H2,1-4H3,(H,18,21)/t11-,13-,15+/m1/s1. The molecule has 4 nitrogen and oxygen atoms in total. The van der Waals surface area contributed by atoms with Gasteiger partial charge in [-0.05, 0) is 38.0 Å². The molecule has 0 aromatic heterocycles. The fraction of sp³-hybridized carbons (Fsp3) is 0.765. The number of rotatable bonds is 4. The van der Waals surface area contributed by atoms with Crippen molar-refractivity contribution in [3.63, 3.8) is 0 Å². The minimum atomic E-state index is 0.00866. The van der Waals surface area contributed by atoms with Gasteiger partial charge in [-0.3, -0.25) is 9.59 Å². The van der Waals surface area contributed by atoms with Crippen molar-refractivity contribution in [3.8, 4) is 0 Å². The number of nitrogens with one attached hydrogen (secondary N) is 1. The predicted molar refractivity (Wildman–Crippen MR) is 81.5 cm³/mol. The van der Waals surface area contributed by atoms with E-state index >= 15 is 0 Å². The molecule has 3 atom stereocenters. The monoisotopic (exact) mass is 290 g/mol. The molecule has 0 aromatic rings. The van der Waals surface area contributed by atoms with Gasteiger partial charge >= 0.3 is 0 Å². The Labute approximate surface area is 127 Å². The van der Waals surface area contributed by atoms with Gasteiger partial charge in [-0.15, -0.1) is 0 Å². The molecule has 2 amide bonds. The molecule has 1 saturated heterocycles. The van der Waals surface area contributed by atoms with Gasteiger partial charge in [0.25, 0.3) is 0 Å². The summed E-state index contributed by atoms with van der Waals surface area (Å²) in [5.41, 5.74) is 1.31. The van der Waals surface area contributed by atoms with Crippen LogP contribution in [0.5, 0.6) is 0 Å². The number of nitrogens with zero attached hydrogens (tertiary/aromatic N) is 1. The summed E-state index contributed by atoms with van der Waals surface area (Å²) < 4.78 is 0. The zero-order valence-electron chi connectivity index (χ0n) is 13.5. The van der Waals surface area contributed by atoms with Crippen molar-refractivity contribution in [1.29, 1.82) is 0 Å². The lowest BCUT2D eigenvalue weighted by atomic mass is 10.1. The summed E-state index contributed by atoms with van der Waals surface area (Å²) in [5, 5.41) is 3.11. The van der Waals surface area contributed by atoms with Gasteiger partial charge in [-0.25, -0.2) is 0 Å². The lowest BCUT2D eigenvalue weighted by Gasteiger charge is -2.16. The molecule has 1 heterocycles. The summed E-state index contributed by atoms with van der Waals surface area (Å²) in [5.74, 6) is 0.716. The Morgan fingerprint density at radius 2 is 2.00 bits per heavy atom. The van der Waals surface area contributed by atoms with Gasteiger partial charge < -0.3 is 10.2 Å². The van der Waals surface area contributed by atoms with Gasteiger partial charge in [0, 0.05) is 19.0 Å². The smallest absolute Gasteiger partial charge is 0.225 e. The topological polar surface area (TPSA) is 49.4 Å². The molecule has 1 N–H and O–H groups in total. The van der Waals surface area contributed by atoms with Crippen LogP contribution in [-0.4, -0.2) is 35.3 Å². The third kappa shape index (κ3) is 2.72.